The van der Waals surface area contributed by atoms with Gasteiger partial charge in [-0.3, -0.25) is 0 Å². The number of hydrogen-bond donors (Lipinski definition) is 0. The second-order valence-corrected chi connectivity index (χ2v) is 5.86. The van der Waals surface area contributed by atoms with E-state index in [-0.39, 0.29) is 24.0 Å². The minimum Gasteiger partial charge on any atom is -0.458 e. The van der Waals surface area contributed by atoms with Crippen molar-refractivity contribution in [2.24, 2.45) is 5.92 Å². The molecule has 2 aliphatic heterocycles. The highest BCUT2D eigenvalue weighted by atomic mass is 16.7. The topological polar surface area (TPSA) is 61.8 Å². The Morgan fingerprint density at radius 1 is 1.22 bits per heavy atom. The number of esters is 2. The van der Waals surface area contributed by atoms with Crippen LogP contribution in [-0.2, 0) is 30.2 Å². The van der Waals surface area contributed by atoms with Crippen molar-refractivity contribution >= 4 is 11.9 Å². The number of hydrogen-bond acceptors (Lipinski definition) is 5. The summed E-state index contributed by atoms with van der Waals surface area (Å²) in [7, 11) is 0. The van der Waals surface area contributed by atoms with Crippen molar-refractivity contribution < 1.29 is 23.8 Å². The zero-order valence-electron chi connectivity index (χ0n) is 12.7. The first-order chi connectivity index (χ1) is 11.2. The van der Waals surface area contributed by atoms with Gasteiger partial charge in [-0.1, -0.05) is 31.2 Å². The molecule has 3 atom stereocenters. The molecule has 1 aromatic carbocycles. The van der Waals surface area contributed by atoms with E-state index in [9.17, 15) is 9.59 Å². The summed E-state index contributed by atoms with van der Waals surface area (Å²) in [6, 6.07) is 7.97. The number of carbonyl (C=O) groups excluding carboxylic acids is 2. The summed E-state index contributed by atoms with van der Waals surface area (Å²) in [5.41, 5.74) is 3.35. The van der Waals surface area contributed by atoms with Gasteiger partial charge >= 0.3 is 11.9 Å². The van der Waals surface area contributed by atoms with Crippen molar-refractivity contribution in [2.45, 2.75) is 32.2 Å². The van der Waals surface area contributed by atoms with Gasteiger partial charge in [-0.25, -0.2) is 9.59 Å². The van der Waals surface area contributed by atoms with Crippen LogP contribution in [0.15, 0.2) is 47.7 Å². The minimum absolute atomic E-state index is 0.0355. The molecule has 3 aliphatic rings. The van der Waals surface area contributed by atoms with Crippen molar-refractivity contribution in [1.82, 2.24) is 0 Å². The van der Waals surface area contributed by atoms with Crippen LogP contribution in [0.25, 0.3) is 0 Å². The van der Waals surface area contributed by atoms with Gasteiger partial charge in [-0.15, -0.1) is 0 Å². The highest BCUT2D eigenvalue weighted by molar-refractivity contribution is 5.92. The third-order valence-electron chi connectivity index (χ3n) is 4.57. The highest BCUT2D eigenvalue weighted by Gasteiger charge is 2.46. The molecular weight excluding hydrogens is 296 g/mol. The van der Waals surface area contributed by atoms with Crippen molar-refractivity contribution in [2.75, 3.05) is 0 Å². The maximum Gasteiger partial charge on any atom is 0.338 e. The molecule has 2 heterocycles. The smallest absolute Gasteiger partial charge is 0.338 e. The maximum atomic E-state index is 12.1. The molecule has 0 amide bonds. The number of carbonyl (C=O) groups is 2. The molecule has 0 aromatic heterocycles. The monoisotopic (exact) mass is 312 g/mol. The van der Waals surface area contributed by atoms with E-state index in [1.807, 2.05) is 25.1 Å². The number of fused-ring (bicyclic) bond motifs is 3. The number of ether oxygens (including phenoxy) is 3. The van der Waals surface area contributed by atoms with E-state index < -0.39 is 6.29 Å². The minimum atomic E-state index is -0.763. The molecule has 1 fully saturated rings. The molecule has 0 spiro atoms. The molecule has 0 N–H and O–H groups in total. The number of rotatable bonds is 3. The Labute approximate surface area is 133 Å². The zero-order chi connectivity index (χ0) is 16.0. The molecule has 1 saturated heterocycles. The van der Waals surface area contributed by atoms with Gasteiger partial charge in [0, 0.05) is 17.6 Å². The molecule has 5 nitrogen and oxygen atoms in total. The Morgan fingerprint density at radius 2 is 2.04 bits per heavy atom. The van der Waals surface area contributed by atoms with Crippen molar-refractivity contribution in [1.29, 1.82) is 0 Å². The van der Waals surface area contributed by atoms with Crippen LogP contribution in [0.3, 0.4) is 0 Å². The largest absolute Gasteiger partial charge is 0.458 e. The molecule has 0 bridgehead atoms. The lowest BCUT2D eigenvalue weighted by Gasteiger charge is -2.09. The Morgan fingerprint density at radius 3 is 2.83 bits per heavy atom. The molecule has 5 heteroatoms. The highest BCUT2D eigenvalue weighted by Crippen LogP contribution is 2.47. The fourth-order valence-corrected chi connectivity index (χ4v) is 3.36. The molecule has 4 rings (SSSR count). The van der Waals surface area contributed by atoms with Gasteiger partial charge in [0.15, 0.2) is 0 Å². The zero-order valence-corrected chi connectivity index (χ0v) is 12.7. The van der Waals surface area contributed by atoms with Crippen LogP contribution >= 0.6 is 0 Å². The van der Waals surface area contributed by atoms with E-state index >= 15 is 0 Å². The Kier molecular flexibility index (Phi) is 3.22. The van der Waals surface area contributed by atoms with Crippen LogP contribution in [0.5, 0.6) is 0 Å². The Hall–Kier alpha value is -2.56. The molecule has 118 valence electrons. The van der Waals surface area contributed by atoms with Gasteiger partial charge in [-0.05, 0) is 24.0 Å². The molecule has 0 saturated carbocycles. The molecule has 1 aromatic rings. The van der Waals surface area contributed by atoms with Gasteiger partial charge < -0.3 is 14.2 Å². The molecule has 0 unspecified atom stereocenters. The summed E-state index contributed by atoms with van der Waals surface area (Å²) in [6.07, 6.45) is 3.38. The lowest BCUT2D eigenvalue weighted by Crippen LogP contribution is -2.12. The van der Waals surface area contributed by atoms with Gasteiger partial charge in [-0.2, -0.15) is 0 Å². The predicted octanol–water partition coefficient (Wildman–Crippen LogP) is 2.58. The van der Waals surface area contributed by atoms with Crippen molar-refractivity contribution in [3.05, 3.63) is 58.9 Å². The Balaban J connectivity index is 1.53. The van der Waals surface area contributed by atoms with E-state index in [0.717, 1.165) is 12.0 Å². The van der Waals surface area contributed by atoms with E-state index in [1.54, 1.807) is 6.08 Å². The fourth-order valence-electron chi connectivity index (χ4n) is 3.36. The second kappa shape index (κ2) is 5.26. The van der Waals surface area contributed by atoms with E-state index in [2.05, 4.69) is 6.07 Å². The van der Waals surface area contributed by atoms with E-state index in [4.69, 9.17) is 14.2 Å². The first kappa shape index (κ1) is 14.1. The summed E-state index contributed by atoms with van der Waals surface area (Å²) >= 11 is 0. The third kappa shape index (κ3) is 2.23. The lowest BCUT2D eigenvalue weighted by molar-refractivity contribution is -0.152. The molecular formula is C18H16O5. The standard InChI is InChI=1S/C18H16O5/c1-2-10-8-15(22-17(10)19)21-9-14-13-7-11-5-3-4-6-12(11)16(13)23-18(14)20/h3-6,8-9,13,15-16H,2,7H2,1H3/b14-9+/t13-,15-,16-/m1/s1. The number of cyclic esters (lactones) is 1. The molecule has 1 aliphatic carbocycles. The summed E-state index contributed by atoms with van der Waals surface area (Å²) in [5, 5.41) is 0. The predicted molar refractivity (Wildman–Crippen MR) is 79.9 cm³/mol. The third-order valence-corrected chi connectivity index (χ3v) is 4.57. The lowest BCUT2D eigenvalue weighted by atomic mass is 9.98. The summed E-state index contributed by atoms with van der Waals surface area (Å²) in [5.74, 6) is -0.763. The normalized spacial score (nSPS) is 29.9. The molecule has 23 heavy (non-hydrogen) atoms. The average Bonchev–Trinajstić information content (AvgIpc) is 3.17. The number of benzene rings is 1. The van der Waals surface area contributed by atoms with Crippen LogP contribution in [0.1, 0.15) is 30.6 Å². The average molecular weight is 312 g/mol. The fraction of sp³-hybridized carbons (Fsp3) is 0.333. The van der Waals surface area contributed by atoms with Crippen molar-refractivity contribution in [3.8, 4) is 0 Å². The summed E-state index contributed by atoms with van der Waals surface area (Å²) in [6.45, 7) is 1.88. The van der Waals surface area contributed by atoms with Crippen LogP contribution in [0.4, 0.5) is 0 Å². The van der Waals surface area contributed by atoms with Gasteiger partial charge in [0.05, 0.1) is 11.8 Å². The van der Waals surface area contributed by atoms with Crippen LogP contribution < -0.4 is 0 Å². The quantitative estimate of drug-likeness (QED) is 0.488. The summed E-state index contributed by atoms with van der Waals surface area (Å²) in [4.78, 5) is 23.6. The van der Waals surface area contributed by atoms with Crippen LogP contribution in [0.2, 0.25) is 0 Å². The SMILES string of the molecule is CCC1=C[C@H](O/C=C2/C(=O)O[C@@H]3c4ccccc4C[C@H]23)OC1=O. The van der Waals surface area contributed by atoms with Crippen LogP contribution in [-0.4, -0.2) is 18.2 Å². The van der Waals surface area contributed by atoms with Crippen molar-refractivity contribution in [3.63, 3.8) is 0 Å². The van der Waals surface area contributed by atoms with Gasteiger partial charge in [0.2, 0.25) is 0 Å². The second-order valence-electron chi connectivity index (χ2n) is 5.86. The van der Waals surface area contributed by atoms with Crippen LogP contribution in [0, 0.1) is 5.92 Å². The van der Waals surface area contributed by atoms with E-state index in [0.29, 0.717) is 17.6 Å². The van der Waals surface area contributed by atoms with E-state index in [1.165, 1.54) is 11.8 Å². The summed E-state index contributed by atoms with van der Waals surface area (Å²) < 4.78 is 16.1. The van der Waals surface area contributed by atoms with Gasteiger partial charge in [0.1, 0.15) is 6.10 Å². The first-order valence-corrected chi connectivity index (χ1v) is 7.73. The Bertz CT molecular complexity index is 746. The first-order valence-electron chi connectivity index (χ1n) is 7.73. The maximum absolute atomic E-state index is 12.1. The van der Waals surface area contributed by atoms with Gasteiger partial charge in [0.25, 0.3) is 6.29 Å². The molecule has 0 radical (unpaired) electrons.